The summed E-state index contributed by atoms with van der Waals surface area (Å²) in [6.45, 7) is 2.33. The van der Waals surface area contributed by atoms with Gasteiger partial charge in [0.1, 0.15) is 12.4 Å². The highest BCUT2D eigenvalue weighted by atomic mass is 16.5. The summed E-state index contributed by atoms with van der Waals surface area (Å²) >= 11 is 0. The Balaban J connectivity index is 1.56. The molecular formula is C18H19N3O2. The molecule has 3 rings (SSSR count). The zero-order chi connectivity index (χ0) is 16.1. The van der Waals surface area contributed by atoms with Gasteiger partial charge in [-0.2, -0.15) is 4.98 Å². The van der Waals surface area contributed by atoms with Gasteiger partial charge in [0.05, 0.1) is 6.04 Å². The molecule has 2 N–H and O–H groups in total. The minimum Gasteiger partial charge on any atom is -0.489 e. The summed E-state index contributed by atoms with van der Waals surface area (Å²) in [6, 6.07) is 17.7. The van der Waals surface area contributed by atoms with Crippen LogP contribution < -0.4 is 10.5 Å². The van der Waals surface area contributed by atoms with Gasteiger partial charge in [-0.25, -0.2) is 0 Å². The van der Waals surface area contributed by atoms with Crippen LogP contribution in [-0.2, 0) is 13.0 Å². The molecule has 0 spiro atoms. The summed E-state index contributed by atoms with van der Waals surface area (Å²) in [5, 5.41) is 3.76. The van der Waals surface area contributed by atoms with Crippen molar-refractivity contribution < 1.29 is 9.26 Å². The fourth-order valence-electron chi connectivity index (χ4n) is 2.27. The van der Waals surface area contributed by atoms with Crippen LogP contribution in [0.25, 0.3) is 0 Å². The van der Waals surface area contributed by atoms with Gasteiger partial charge < -0.3 is 15.0 Å². The van der Waals surface area contributed by atoms with Crippen LogP contribution in [0.5, 0.6) is 5.75 Å². The topological polar surface area (TPSA) is 74.2 Å². The lowest BCUT2D eigenvalue weighted by atomic mass is 10.1. The average molecular weight is 309 g/mol. The maximum Gasteiger partial charge on any atom is 0.243 e. The first-order chi connectivity index (χ1) is 11.2. The maximum atomic E-state index is 6.09. The number of benzene rings is 2. The number of aryl methyl sites for hydroxylation is 1. The molecule has 0 radical (unpaired) electrons. The standard InChI is InChI=1S/C18H19N3O2/c1-13-20-18(23-21-13)17(19)11-14-7-9-16(10-8-14)22-12-15-5-3-2-4-6-15/h2-10,17H,11-12,19H2,1H3/t17-/m1/s1. The Morgan fingerprint density at radius 1 is 1.04 bits per heavy atom. The molecule has 3 aromatic rings. The molecule has 1 atom stereocenters. The first kappa shape index (κ1) is 15.2. The van der Waals surface area contributed by atoms with E-state index in [1.54, 1.807) is 6.92 Å². The summed E-state index contributed by atoms with van der Waals surface area (Å²) in [4.78, 5) is 4.16. The molecule has 0 aliphatic carbocycles. The van der Waals surface area contributed by atoms with Crippen LogP contribution in [0.15, 0.2) is 59.1 Å². The Morgan fingerprint density at radius 2 is 1.78 bits per heavy atom. The number of nitrogens with two attached hydrogens (primary N) is 1. The van der Waals surface area contributed by atoms with Gasteiger partial charge in [0.15, 0.2) is 5.82 Å². The minimum absolute atomic E-state index is 0.299. The third-order valence-corrected chi connectivity index (χ3v) is 3.49. The first-order valence-electron chi connectivity index (χ1n) is 7.52. The van der Waals surface area contributed by atoms with Crippen LogP contribution in [0.1, 0.15) is 28.9 Å². The molecule has 0 saturated heterocycles. The van der Waals surface area contributed by atoms with Crippen LogP contribution in [-0.4, -0.2) is 10.1 Å². The van der Waals surface area contributed by atoms with E-state index in [9.17, 15) is 0 Å². The summed E-state index contributed by atoms with van der Waals surface area (Å²) in [7, 11) is 0. The van der Waals surface area contributed by atoms with Crippen LogP contribution in [0.2, 0.25) is 0 Å². The number of rotatable bonds is 6. The smallest absolute Gasteiger partial charge is 0.243 e. The van der Waals surface area contributed by atoms with Crippen molar-refractivity contribution in [3.05, 3.63) is 77.4 Å². The van der Waals surface area contributed by atoms with Crippen molar-refractivity contribution in [1.82, 2.24) is 10.1 Å². The molecule has 0 unspecified atom stereocenters. The number of aromatic nitrogens is 2. The molecule has 5 nitrogen and oxygen atoms in total. The number of hydrogen-bond donors (Lipinski definition) is 1. The molecule has 23 heavy (non-hydrogen) atoms. The minimum atomic E-state index is -0.299. The molecule has 0 saturated carbocycles. The Labute approximate surface area is 135 Å². The predicted octanol–water partition coefficient (Wildman–Crippen LogP) is 3.20. The van der Waals surface area contributed by atoms with Gasteiger partial charge in [0, 0.05) is 0 Å². The van der Waals surface area contributed by atoms with Gasteiger partial charge in [-0.05, 0) is 36.6 Å². The van der Waals surface area contributed by atoms with Crippen molar-refractivity contribution in [2.75, 3.05) is 0 Å². The molecule has 2 aromatic carbocycles. The largest absolute Gasteiger partial charge is 0.489 e. The van der Waals surface area contributed by atoms with Crippen molar-refractivity contribution in [1.29, 1.82) is 0 Å². The van der Waals surface area contributed by atoms with E-state index in [0.717, 1.165) is 16.9 Å². The average Bonchev–Trinajstić information content (AvgIpc) is 3.02. The van der Waals surface area contributed by atoms with Crippen molar-refractivity contribution in [2.24, 2.45) is 5.73 Å². The quantitative estimate of drug-likeness (QED) is 0.757. The monoisotopic (exact) mass is 309 g/mol. The fraction of sp³-hybridized carbons (Fsp3) is 0.222. The SMILES string of the molecule is Cc1noc([C@H](N)Cc2ccc(OCc3ccccc3)cc2)n1. The van der Waals surface area contributed by atoms with Gasteiger partial charge in [-0.3, -0.25) is 0 Å². The highest BCUT2D eigenvalue weighted by Gasteiger charge is 2.14. The van der Waals surface area contributed by atoms with E-state index in [4.69, 9.17) is 15.0 Å². The normalized spacial score (nSPS) is 12.1. The predicted molar refractivity (Wildman–Crippen MR) is 86.9 cm³/mol. The Bertz CT molecular complexity index is 738. The Kier molecular flexibility index (Phi) is 4.68. The highest BCUT2D eigenvalue weighted by Crippen LogP contribution is 2.18. The molecule has 0 aliphatic heterocycles. The van der Waals surface area contributed by atoms with Crippen LogP contribution >= 0.6 is 0 Å². The first-order valence-corrected chi connectivity index (χ1v) is 7.52. The Hall–Kier alpha value is -2.66. The molecule has 0 bridgehead atoms. The fourth-order valence-corrected chi connectivity index (χ4v) is 2.27. The lowest BCUT2D eigenvalue weighted by Crippen LogP contribution is -2.13. The lowest BCUT2D eigenvalue weighted by Gasteiger charge is -2.09. The van der Waals surface area contributed by atoms with E-state index in [1.165, 1.54) is 0 Å². The summed E-state index contributed by atoms with van der Waals surface area (Å²) in [5.41, 5.74) is 8.33. The van der Waals surface area contributed by atoms with E-state index in [2.05, 4.69) is 10.1 Å². The van der Waals surface area contributed by atoms with Gasteiger partial charge in [-0.1, -0.05) is 47.6 Å². The number of ether oxygens (including phenoxy) is 1. The molecule has 5 heteroatoms. The van der Waals surface area contributed by atoms with Crippen LogP contribution in [0, 0.1) is 6.92 Å². The third kappa shape index (κ3) is 4.17. The maximum absolute atomic E-state index is 6.09. The van der Waals surface area contributed by atoms with E-state index in [0.29, 0.717) is 24.7 Å². The van der Waals surface area contributed by atoms with Crippen LogP contribution in [0.4, 0.5) is 0 Å². The molecule has 0 aliphatic rings. The molecule has 1 heterocycles. The zero-order valence-corrected chi connectivity index (χ0v) is 13.0. The summed E-state index contributed by atoms with van der Waals surface area (Å²) < 4.78 is 10.9. The van der Waals surface area contributed by atoms with Gasteiger partial charge >= 0.3 is 0 Å². The molecule has 1 aromatic heterocycles. The second kappa shape index (κ2) is 7.07. The van der Waals surface area contributed by atoms with Gasteiger partial charge in [0.25, 0.3) is 0 Å². The van der Waals surface area contributed by atoms with E-state index >= 15 is 0 Å². The second-order valence-electron chi connectivity index (χ2n) is 5.41. The van der Waals surface area contributed by atoms with E-state index < -0.39 is 0 Å². The summed E-state index contributed by atoms with van der Waals surface area (Å²) in [6.07, 6.45) is 0.639. The zero-order valence-electron chi connectivity index (χ0n) is 13.0. The highest BCUT2D eigenvalue weighted by molar-refractivity contribution is 5.28. The Morgan fingerprint density at radius 3 is 2.43 bits per heavy atom. The third-order valence-electron chi connectivity index (χ3n) is 3.49. The lowest BCUT2D eigenvalue weighted by molar-refractivity contribution is 0.306. The molecule has 0 amide bonds. The summed E-state index contributed by atoms with van der Waals surface area (Å²) in [5.74, 6) is 1.90. The van der Waals surface area contributed by atoms with Crippen molar-refractivity contribution in [3.8, 4) is 5.75 Å². The molecular weight excluding hydrogens is 290 g/mol. The van der Waals surface area contributed by atoms with Crippen molar-refractivity contribution in [3.63, 3.8) is 0 Å². The van der Waals surface area contributed by atoms with E-state index in [-0.39, 0.29) is 6.04 Å². The second-order valence-corrected chi connectivity index (χ2v) is 5.41. The van der Waals surface area contributed by atoms with E-state index in [1.807, 2.05) is 54.6 Å². The number of hydrogen-bond acceptors (Lipinski definition) is 5. The van der Waals surface area contributed by atoms with Crippen LogP contribution in [0.3, 0.4) is 0 Å². The van der Waals surface area contributed by atoms with Crippen molar-refractivity contribution in [2.45, 2.75) is 26.0 Å². The van der Waals surface area contributed by atoms with Gasteiger partial charge in [-0.15, -0.1) is 0 Å². The van der Waals surface area contributed by atoms with Gasteiger partial charge in [0.2, 0.25) is 5.89 Å². The molecule has 118 valence electrons. The number of nitrogens with zero attached hydrogens (tertiary/aromatic N) is 2. The molecule has 0 fully saturated rings. The van der Waals surface area contributed by atoms with Crippen molar-refractivity contribution >= 4 is 0 Å².